The van der Waals surface area contributed by atoms with Gasteiger partial charge in [-0.15, -0.1) is 10.2 Å². The van der Waals surface area contributed by atoms with E-state index in [-0.39, 0.29) is 17.6 Å². The van der Waals surface area contributed by atoms with Crippen molar-refractivity contribution in [2.24, 2.45) is 0 Å². The van der Waals surface area contributed by atoms with Crippen LogP contribution in [0.25, 0.3) is 10.8 Å². The van der Waals surface area contributed by atoms with E-state index in [2.05, 4.69) is 20.8 Å². The second-order valence-corrected chi connectivity index (χ2v) is 9.37. The van der Waals surface area contributed by atoms with Crippen LogP contribution in [0, 0.1) is 0 Å². The number of thioether (sulfide) groups is 1. The number of fused-ring (bicyclic) bond motifs is 1. The Hall–Kier alpha value is -2.65. The molecule has 0 saturated carbocycles. The minimum absolute atomic E-state index is 0.132. The summed E-state index contributed by atoms with van der Waals surface area (Å²) in [6, 6.07) is 18.2. The summed E-state index contributed by atoms with van der Waals surface area (Å²) in [6.45, 7) is 0. The average molecular weight is 489 g/mol. The second-order valence-electron chi connectivity index (χ2n) is 6.35. The number of nitrogens with one attached hydrogen (secondary N) is 2. The third-order valence-corrected chi connectivity index (χ3v) is 6.88. The van der Waals surface area contributed by atoms with Gasteiger partial charge in [0.05, 0.1) is 15.8 Å². The van der Waals surface area contributed by atoms with Crippen molar-refractivity contribution in [3.63, 3.8) is 0 Å². The van der Waals surface area contributed by atoms with Gasteiger partial charge in [0.25, 0.3) is 5.91 Å². The molecule has 0 aliphatic rings. The molecule has 0 fully saturated rings. The molecule has 0 radical (unpaired) electrons. The van der Waals surface area contributed by atoms with Crippen LogP contribution in [0.2, 0.25) is 10.0 Å². The van der Waals surface area contributed by atoms with Crippen molar-refractivity contribution >= 4 is 79.7 Å². The topological polar surface area (TPSA) is 84.0 Å². The monoisotopic (exact) mass is 488 g/mol. The second kappa shape index (κ2) is 9.65. The lowest BCUT2D eigenvalue weighted by Gasteiger charge is -2.05. The van der Waals surface area contributed by atoms with Crippen molar-refractivity contribution in [3.8, 4) is 0 Å². The number of carbonyl (C=O) groups excluding carboxylic acids is 2. The van der Waals surface area contributed by atoms with Crippen LogP contribution in [0.3, 0.4) is 0 Å². The lowest BCUT2D eigenvalue weighted by molar-refractivity contribution is -0.113. The first-order valence-electron chi connectivity index (χ1n) is 8.99. The van der Waals surface area contributed by atoms with Gasteiger partial charge in [-0.3, -0.25) is 14.9 Å². The molecule has 1 heterocycles. The molecule has 0 aliphatic heterocycles. The molecule has 3 aromatic carbocycles. The van der Waals surface area contributed by atoms with Gasteiger partial charge in [-0.2, -0.15) is 0 Å². The molecule has 0 saturated heterocycles. The fraction of sp³-hybridized carbons (Fsp3) is 0.0476. The van der Waals surface area contributed by atoms with Crippen LogP contribution in [0.5, 0.6) is 0 Å². The maximum atomic E-state index is 12.5. The van der Waals surface area contributed by atoms with Crippen LogP contribution in [0.4, 0.5) is 10.8 Å². The van der Waals surface area contributed by atoms with Crippen molar-refractivity contribution < 1.29 is 9.59 Å². The number of halogens is 2. The van der Waals surface area contributed by atoms with Gasteiger partial charge in [0.2, 0.25) is 11.0 Å². The van der Waals surface area contributed by atoms with Crippen LogP contribution < -0.4 is 10.6 Å². The molecule has 0 atom stereocenters. The van der Waals surface area contributed by atoms with Crippen LogP contribution in [0.1, 0.15) is 10.4 Å². The van der Waals surface area contributed by atoms with E-state index in [1.807, 2.05) is 36.4 Å². The highest BCUT2D eigenvalue weighted by Crippen LogP contribution is 2.27. The number of hydrogen-bond donors (Lipinski definition) is 2. The number of benzene rings is 3. The van der Waals surface area contributed by atoms with Crippen LogP contribution >= 0.6 is 46.3 Å². The molecule has 4 rings (SSSR count). The van der Waals surface area contributed by atoms with Gasteiger partial charge in [-0.25, -0.2) is 0 Å². The average Bonchev–Trinajstić information content (AvgIpc) is 3.22. The number of nitrogens with zero attached hydrogens (tertiary/aromatic N) is 2. The summed E-state index contributed by atoms with van der Waals surface area (Å²) >= 11 is 14.2. The Kier molecular flexibility index (Phi) is 6.72. The summed E-state index contributed by atoms with van der Waals surface area (Å²) in [7, 11) is 0. The van der Waals surface area contributed by atoms with Gasteiger partial charge in [-0.05, 0) is 41.1 Å². The summed E-state index contributed by atoms with van der Waals surface area (Å²) in [6.07, 6.45) is 0. The maximum absolute atomic E-state index is 12.5. The minimum atomic E-state index is -0.268. The molecular weight excluding hydrogens is 475 g/mol. The highest BCUT2D eigenvalue weighted by molar-refractivity contribution is 8.01. The summed E-state index contributed by atoms with van der Waals surface area (Å²) in [5.41, 5.74) is 1.09. The molecular formula is C21H14Cl2N4O2S2. The lowest BCUT2D eigenvalue weighted by atomic mass is 10.1. The lowest BCUT2D eigenvalue weighted by Crippen LogP contribution is -2.13. The highest BCUT2D eigenvalue weighted by atomic mass is 35.5. The van der Waals surface area contributed by atoms with Gasteiger partial charge in [0.1, 0.15) is 0 Å². The Balaban J connectivity index is 1.32. The van der Waals surface area contributed by atoms with E-state index in [0.29, 0.717) is 30.8 Å². The van der Waals surface area contributed by atoms with Gasteiger partial charge in [0.15, 0.2) is 4.34 Å². The summed E-state index contributed by atoms with van der Waals surface area (Å²) in [5.74, 6) is -0.357. The van der Waals surface area contributed by atoms with Crippen molar-refractivity contribution in [1.29, 1.82) is 0 Å². The van der Waals surface area contributed by atoms with Crippen molar-refractivity contribution in [3.05, 3.63) is 76.3 Å². The van der Waals surface area contributed by atoms with Gasteiger partial charge in [0, 0.05) is 11.3 Å². The Morgan fingerprint density at radius 3 is 2.52 bits per heavy atom. The first kappa shape index (κ1) is 21.6. The molecule has 31 heavy (non-hydrogen) atoms. The smallest absolute Gasteiger partial charge is 0.257 e. The number of amides is 2. The Morgan fingerprint density at radius 2 is 1.71 bits per heavy atom. The van der Waals surface area contributed by atoms with Gasteiger partial charge >= 0.3 is 0 Å². The zero-order valence-corrected chi connectivity index (χ0v) is 18.9. The molecule has 0 bridgehead atoms. The number of anilines is 2. The molecule has 2 amide bonds. The van der Waals surface area contributed by atoms with Crippen LogP contribution in [-0.4, -0.2) is 27.8 Å². The van der Waals surface area contributed by atoms with Crippen LogP contribution in [-0.2, 0) is 4.79 Å². The summed E-state index contributed by atoms with van der Waals surface area (Å²) in [5, 5.41) is 16.7. The van der Waals surface area contributed by atoms with Crippen molar-refractivity contribution in [2.45, 2.75) is 4.34 Å². The normalized spacial score (nSPS) is 10.8. The molecule has 156 valence electrons. The zero-order valence-electron chi connectivity index (χ0n) is 15.8. The molecule has 1 aromatic heterocycles. The van der Waals surface area contributed by atoms with E-state index in [1.165, 1.54) is 23.1 Å². The van der Waals surface area contributed by atoms with Crippen LogP contribution in [0.15, 0.2) is 65.0 Å². The number of aromatic nitrogens is 2. The van der Waals surface area contributed by atoms with E-state index >= 15 is 0 Å². The minimum Gasteiger partial charge on any atom is -0.325 e. The van der Waals surface area contributed by atoms with Gasteiger partial charge in [-0.1, -0.05) is 76.6 Å². The Bertz CT molecular complexity index is 1280. The fourth-order valence-electron chi connectivity index (χ4n) is 2.72. The Morgan fingerprint density at radius 1 is 0.903 bits per heavy atom. The third-order valence-electron chi connectivity index (χ3n) is 4.17. The van der Waals surface area contributed by atoms with E-state index in [1.54, 1.807) is 24.3 Å². The fourth-order valence-corrected chi connectivity index (χ4v) is 4.56. The molecule has 0 unspecified atom stereocenters. The zero-order chi connectivity index (χ0) is 21.8. The van der Waals surface area contributed by atoms with Gasteiger partial charge < -0.3 is 5.32 Å². The first-order chi connectivity index (χ1) is 15.0. The van der Waals surface area contributed by atoms with Crippen molar-refractivity contribution in [2.75, 3.05) is 16.4 Å². The van der Waals surface area contributed by atoms with Crippen molar-refractivity contribution in [1.82, 2.24) is 10.2 Å². The number of hydrogen-bond acceptors (Lipinski definition) is 6. The standard InChI is InChI=1S/C21H14Cl2N4O2S2/c22-16-8-7-15(10-17(16)23)24-18(28)11-30-21-27-26-20(31-21)25-19(29)14-6-5-12-3-1-2-4-13(12)9-14/h1-10H,11H2,(H,24,28)(H,25,26,29). The summed E-state index contributed by atoms with van der Waals surface area (Å²) < 4.78 is 0.568. The van der Waals surface area contributed by atoms with E-state index < -0.39 is 0 Å². The quantitative estimate of drug-likeness (QED) is 0.257. The predicted molar refractivity (Wildman–Crippen MR) is 128 cm³/mol. The molecule has 0 spiro atoms. The molecule has 10 heteroatoms. The highest BCUT2D eigenvalue weighted by Gasteiger charge is 2.13. The summed E-state index contributed by atoms with van der Waals surface area (Å²) in [4.78, 5) is 24.7. The van der Waals surface area contributed by atoms with E-state index in [0.717, 1.165) is 10.8 Å². The largest absolute Gasteiger partial charge is 0.325 e. The van der Waals surface area contributed by atoms with E-state index in [9.17, 15) is 9.59 Å². The maximum Gasteiger partial charge on any atom is 0.257 e. The SMILES string of the molecule is O=C(CSc1nnc(NC(=O)c2ccc3ccccc3c2)s1)Nc1ccc(Cl)c(Cl)c1. The molecule has 2 N–H and O–H groups in total. The predicted octanol–water partition coefficient (Wildman–Crippen LogP) is 5.98. The van der Waals surface area contributed by atoms with E-state index in [4.69, 9.17) is 23.2 Å². The molecule has 4 aromatic rings. The first-order valence-corrected chi connectivity index (χ1v) is 11.5. The molecule has 0 aliphatic carbocycles. The molecule has 6 nitrogen and oxygen atoms in total. The number of rotatable bonds is 6. The Labute approximate surface area is 196 Å². The third kappa shape index (κ3) is 5.54. The number of carbonyl (C=O) groups is 2.